The second-order valence-electron chi connectivity index (χ2n) is 4.53. The summed E-state index contributed by atoms with van der Waals surface area (Å²) in [5.41, 5.74) is -5.29. The van der Waals surface area contributed by atoms with Gasteiger partial charge in [0.1, 0.15) is 5.82 Å². The summed E-state index contributed by atoms with van der Waals surface area (Å²) in [7, 11) is 0. The third-order valence-electron chi connectivity index (χ3n) is 3.15. The van der Waals surface area contributed by atoms with Crippen LogP contribution < -0.4 is 0 Å². The van der Waals surface area contributed by atoms with E-state index in [-0.39, 0.29) is 0 Å². The molecule has 0 radical (unpaired) electrons. The summed E-state index contributed by atoms with van der Waals surface area (Å²) in [6, 6.07) is 4.70. The Labute approximate surface area is 121 Å². The number of hydrogen-bond donors (Lipinski definition) is 1. The Kier molecular flexibility index (Phi) is 3.90. The number of hydrogen-bond acceptors (Lipinski definition) is 2. The molecule has 8 heteroatoms. The molecule has 1 heterocycles. The minimum atomic E-state index is -6.02. The highest BCUT2D eigenvalue weighted by molar-refractivity contribution is 5.38. The van der Waals surface area contributed by atoms with Crippen LogP contribution in [0.25, 0.3) is 0 Å². The van der Waals surface area contributed by atoms with Gasteiger partial charge < -0.3 is 5.11 Å². The molecule has 2 rings (SSSR count). The maximum atomic E-state index is 14.0. The molecule has 0 amide bonds. The van der Waals surface area contributed by atoms with Gasteiger partial charge in [0.05, 0.1) is 0 Å². The Hall–Kier alpha value is -2.09. The molecule has 1 aromatic heterocycles. The molecule has 1 atom stereocenters. The van der Waals surface area contributed by atoms with E-state index in [2.05, 4.69) is 4.98 Å². The highest BCUT2D eigenvalue weighted by atomic mass is 19.4. The summed E-state index contributed by atoms with van der Waals surface area (Å²) in [4.78, 5) is 3.45. The number of nitrogens with zero attached hydrogens (tertiary/aromatic N) is 1. The first-order valence-corrected chi connectivity index (χ1v) is 5.94. The van der Waals surface area contributed by atoms with Crippen molar-refractivity contribution in [3.63, 3.8) is 0 Å². The average Bonchev–Trinajstić information content (AvgIpc) is 2.46. The van der Waals surface area contributed by atoms with Gasteiger partial charge in [-0.1, -0.05) is 18.2 Å². The molecule has 118 valence electrons. The van der Waals surface area contributed by atoms with Gasteiger partial charge in [-0.2, -0.15) is 22.0 Å². The summed E-state index contributed by atoms with van der Waals surface area (Å²) in [6.45, 7) is 0. The smallest absolute Gasteiger partial charge is 0.374 e. The first-order valence-electron chi connectivity index (χ1n) is 5.94. The normalized spacial score (nSPS) is 15.4. The van der Waals surface area contributed by atoms with Crippen LogP contribution >= 0.6 is 0 Å². The minimum absolute atomic E-state index is 0.669. The van der Waals surface area contributed by atoms with E-state index in [1.54, 1.807) is 0 Å². The van der Waals surface area contributed by atoms with E-state index in [0.29, 0.717) is 30.5 Å². The standard InChI is InChI=1S/C14H9F6NO/c15-11-5-3-9(4-6-11)12(22,10-2-1-7-21-8-10)13(16,17)14(18,19)20/h1-8,22H. The van der Waals surface area contributed by atoms with Crippen LogP contribution in [-0.4, -0.2) is 22.2 Å². The largest absolute Gasteiger partial charge is 0.457 e. The van der Waals surface area contributed by atoms with Crippen LogP contribution in [0.1, 0.15) is 11.1 Å². The molecule has 0 saturated heterocycles. The quantitative estimate of drug-likeness (QED) is 0.875. The molecule has 0 saturated carbocycles. The Bertz CT molecular complexity index is 641. The molecule has 1 unspecified atom stereocenters. The highest BCUT2D eigenvalue weighted by Crippen LogP contribution is 2.51. The maximum absolute atomic E-state index is 14.0. The fourth-order valence-electron chi connectivity index (χ4n) is 2.00. The molecular weight excluding hydrogens is 312 g/mol. The first-order chi connectivity index (χ1) is 10.1. The molecule has 2 nitrogen and oxygen atoms in total. The number of halogens is 6. The van der Waals surface area contributed by atoms with Gasteiger partial charge >= 0.3 is 12.1 Å². The van der Waals surface area contributed by atoms with Gasteiger partial charge in [0.2, 0.25) is 0 Å². The van der Waals surface area contributed by atoms with Crippen LogP contribution in [-0.2, 0) is 5.60 Å². The Morgan fingerprint density at radius 1 is 0.864 bits per heavy atom. The second-order valence-corrected chi connectivity index (χ2v) is 4.53. The lowest BCUT2D eigenvalue weighted by Gasteiger charge is -2.37. The van der Waals surface area contributed by atoms with Gasteiger partial charge in [-0.15, -0.1) is 0 Å². The molecule has 0 fully saturated rings. The molecule has 1 aromatic carbocycles. The predicted octanol–water partition coefficient (Wildman–Crippen LogP) is 3.65. The van der Waals surface area contributed by atoms with Gasteiger partial charge in [-0.25, -0.2) is 4.39 Å². The molecule has 1 N–H and O–H groups in total. The van der Waals surface area contributed by atoms with Gasteiger partial charge in [0.25, 0.3) is 0 Å². The van der Waals surface area contributed by atoms with Gasteiger partial charge in [-0.3, -0.25) is 4.98 Å². The van der Waals surface area contributed by atoms with Crippen LogP contribution in [0.5, 0.6) is 0 Å². The average molecular weight is 321 g/mol. The monoisotopic (exact) mass is 321 g/mol. The molecule has 2 aromatic rings. The third-order valence-corrected chi connectivity index (χ3v) is 3.15. The molecule has 22 heavy (non-hydrogen) atoms. The van der Waals surface area contributed by atoms with Crippen molar-refractivity contribution in [2.75, 3.05) is 0 Å². The lowest BCUT2D eigenvalue weighted by Crippen LogP contribution is -2.55. The van der Waals surface area contributed by atoms with Gasteiger partial charge in [0, 0.05) is 18.0 Å². The zero-order chi connectivity index (χ0) is 16.6. The van der Waals surface area contributed by atoms with Crippen molar-refractivity contribution in [2.24, 2.45) is 0 Å². The molecule has 0 aliphatic rings. The molecular formula is C14H9F6NO. The molecule has 0 bridgehead atoms. The van der Waals surface area contributed by atoms with Crippen molar-refractivity contribution in [1.29, 1.82) is 0 Å². The van der Waals surface area contributed by atoms with E-state index in [4.69, 9.17) is 0 Å². The number of benzene rings is 1. The van der Waals surface area contributed by atoms with Crippen molar-refractivity contribution in [2.45, 2.75) is 17.7 Å². The van der Waals surface area contributed by atoms with Crippen LogP contribution in [0.2, 0.25) is 0 Å². The summed E-state index contributed by atoms with van der Waals surface area (Å²) in [5, 5.41) is 10.3. The minimum Gasteiger partial charge on any atom is -0.374 e. The van der Waals surface area contributed by atoms with E-state index < -0.39 is 34.6 Å². The van der Waals surface area contributed by atoms with Crippen LogP contribution in [0.3, 0.4) is 0 Å². The number of aliphatic hydroxyl groups is 1. The third kappa shape index (κ3) is 2.43. The van der Waals surface area contributed by atoms with E-state index in [1.165, 1.54) is 0 Å². The molecule has 0 aliphatic carbocycles. The van der Waals surface area contributed by atoms with E-state index >= 15 is 0 Å². The first kappa shape index (κ1) is 16.3. The summed E-state index contributed by atoms with van der Waals surface area (Å²) >= 11 is 0. The number of rotatable bonds is 3. The Morgan fingerprint density at radius 3 is 1.91 bits per heavy atom. The van der Waals surface area contributed by atoms with Crippen molar-refractivity contribution in [1.82, 2.24) is 4.98 Å². The number of alkyl halides is 5. The van der Waals surface area contributed by atoms with Crippen LogP contribution in [0.15, 0.2) is 48.8 Å². The molecule has 0 aliphatic heterocycles. The summed E-state index contributed by atoms with van der Waals surface area (Å²) < 4.78 is 79.1. The zero-order valence-corrected chi connectivity index (χ0v) is 10.8. The zero-order valence-electron chi connectivity index (χ0n) is 10.8. The van der Waals surface area contributed by atoms with Crippen molar-refractivity contribution < 1.29 is 31.4 Å². The van der Waals surface area contributed by atoms with Crippen LogP contribution in [0.4, 0.5) is 26.3 Å². The lowest BCUT2D eigenvalue weighted by molar-refractivity contribution is -0.336. The number of pyridine rings is 1. The Balaban J connectivity index is 2.73. The van der Waals surface area contributed by atoms with Gasteiger partial charge in [0.15, 0.2) is 5.60 Å². The van der Waals surface area contributed by atoms with E-state index in [9.17, 15) is 31.4 Å². The highest BCUT2D eigenvalue weighted by Gasteiger charge is 2.71. The fraction of sp³-hybridized carbons (Fsp3) is 0.214. The maximum Gasteiger partial charge on any atom is 0.457 e. The topological polar surface area (TPSA) is 33.1 Å². The summed E-state index contributed by atoms with van der Waals surface area (Å²) in [5.74, 6) is -6.35. The predicted molar refractivity (Wildman–Crippen MR) is 64.6 cm³/mol. The van der Waals surface area contributed by atoms with Crippen molar-refractivity contribution in [3.05, 3.63) is 65.7 Å². The van der Waals surface area contributed by atoms with E-state index in [1.807, 2.05) is 0 Å². The van der Waals surface area contributed by atoms with Crippen LogP contribution in [0, 0.1) is 5.82 Å². The van der Waals surface area contributed by atoms with Gasteiger partial charge in [-0.05, 0) is 23.8 Å². The lowest BCUT2D eigenvalue weighted by atomic mass is 9.81. The fourth-order valence-corrected chi connectivity index (χ4v) is 2.00. The van der Waals surface area contributed by atoms with Crippen molar-refractivity contribution >= 4 is 0 Å². The Morgan fingerprint density at radius 2 is 1.45 bits per heavy atom. The summed E-state index contributed by atoms with van der Waals surface area (Å²) in [6.07, 6.45) is -4.17. The van der Waals surface area contributed by atoms with E-state index in [0.717, 1.165) is 18.3 Å². The van der Waals surface area contributed by atoms with Crippen molar-refractivity contribution in [3.8, 4) is 0 Å². The second kappa shape index (κ2) is 5.28. The number of aromatic nitrogens is 1. The SMILES string of the molecule is OC(c1ccc(F)cc1)(c1cccnc1)C(F)(F)C(F)(F)F. The molecule has 0 spiro atoms.